The van der Waals surface area contributed by atoms with E-state index < -0.39 is 11.6 Å². The molecule has 2 heterocycles. The van der Waals surface area contributed by atoms with E-state index in [2.05, 4.69) is 9.97 Å². The number of H-pyrrole nitrogens is 1. The fourth-order valence-electron chi connectivity index (χ4n) is 2.50. The third kappa shape index (κ3) is 2.17. The average Bonchev–Trinajstić information content (AvgIpc) is 2.96. The number of carboxylic acid groups (broad SMARTS) is 1. The molecular formula is C17H10N2O4. The minimum atomic E-state index is -1.02. The summed E-state index contributed by atoms with van der Waals surface area (Å²) < 4.78 is 5.30. The van der Waals surface area contributed by atoms with Crippen molar-refractivity contribution in [2.24, 2.45) is 0 Å². The molecule has 0 aliphatic heterocycles. The lowest BCUT2D eigenvalue weighted by Gasteiger charge is -1.98. The number of hydrogen-bond donors (Lipinski definition) is 2. The van der Waals surface area contributed by atoms with Crippen LogP contribution in [0.25, 0.3) is 33.4 Å². The van der Waals surface area contributed by atoms with E-state index in [0.29, 0.717) is 28.0 Å². The number of carboxylic acids is 1. The zero-order valence-corrected chi connectivity index (χ0v) is 11.7. The molecule has 2 aromatic carbocycles. The second kappa shape index (κ2) is 4.81. The van der Waals surface area contributed by atoms with Crippen LogP contribution in [0.4, 0.5) is 0 Å². The predicted octanol–water partition coefficient (Wildman–Crippen LogP) is 3.03. The van der Waals surface area contributed by atoms with E-state index in [4.69, 9.17) is 9.52 Å². The number of para-hydroxylation sites is 1. The fraction of sp³-hybridized carbons (Fsp3) is 0. The Bertz CT molecular complexity index is 1120. The van der Waals surface area contributed by atoms with Gasteiger partial charge >= 0.3 is 11.6 Å². The Balaban J connectivity index is 1.93. The first-order valence-corrected chi connectivity index (χ1v) is 6.88. The molecule has 23 heavy (non-hydrogen) atoms. The molecule has 6 heteroatoms. The van der Waals surface area contributed by atoms with Crippen LogP contribution in [-0.2, 0) is 0 Å². The Labute approximate surface area is 129 Å². The van der Waals surface area contributed by atoms with E-state index in [0.717, 1.165) is 5.39 Å². The highest BCUT2D eigenvalue weighted by Crippen LogP contribution is 2.22. The Kier molecular flexibility index (Phi) is 2.77. The molecule has 0 amide bonds. The molecule has 4 aromatic rings. The van der Waals surface area contributed by atoms with E-state index in [1.54, 1.807) is 24.3 Å². The van der Waals surface area contributed by atoms with Crippen molar-refractivity contribution in [1.29, 1.82) is 0 Å². The highest BCUT2D eigenvalue weighted by Gasteiger charge is 2.13. The highest BCUT2D eigenvalue weighted by molar-refractivity contribution is 5.93. The molecule has 2 N–H and O–H groups in total. The maximum Gasteiger partial charge on any atom is 0.347 e. The normalized spacial score (nSPS) is 11.1. The monoisotopic (exact) mass is 306 g/mol. The predicted molar refractivity (Wildman–Crippen MR) is 84.5 cm³/mol. The number of aromatic amines is 1. The molecule has 6 nitrogen and oxygen atoms in total. The van der Waals surface area contributed by atoms with Gasteiger partial charge in [0, 0.05) is 5.39 Å². The number of nitrogens with one attached hydrogen (secondary N) is 1. The summed E-state index contributed by atoms with van der Waals surface area (Å²) in [5.41, 5.74) is 1.59. The van der Waals surface area contributed by atoms with Crippen molar-refractivity contribution in [1.82, 2.24) is 9.97 Å². The van der Waals surface area contributed by atoms with Crippen molar-refractivity contribution in [3.63, 3.8) is 0 Å². The van der Waals surface area contributed by atoms with Crippen LogP contribution < -0.4 is 5.63 Å². The number of aromatic nitrogens is 2. The number of imidazole rings is 1. The van der Waals surface area contributed by atoms with Gasteiger partial charge in [-0.2, -0.15) is 0 Å². The average molecular weight is 306 g/mol. The molecule has 112 valence electrons. The number of carbonyl (C=O) groups is 1. The molecule has 0 saturated carbocycles. The van der Waals surface area contributed by atoms with Crippen molar-refractivity contribution in [3.05, 3.63) is 64.5 Å². The lowest BCUT2D eigenvalue weighted by molar-refractivity contribution is 0.0697. The topological polar surface area (TPSA) is 96.2 Å². The summed E-state index contributed by atoms with van der Waals surface area (Å²) in [6.07, 6.45) is 0. The van der Waals surface area contributed by atoms with Crippen molar-refractivity contribution >= 4 is 28.0 Å². The Hall–Kier alpha value is -3.41. The lowest BCUT2D eigenvalue weighted by Crippen LogP contribution is -2.03. The van der Waals surface area contributed by atoms with Gasteiger partial charge in [0.15, 0.2) is 0 Å². The van der Waals surface area contributed by atoms with Crippen molar-refractivity contribution in [3.8, 4) is 11.4 Å². The van der Waals surface area contributed by atoms with E-state index in [-0.39, 0.29) is 5.56 Å². The molecule has 2 aromatic heterocycles. The molecule has 0 atom stereocenters. The quantitative estimate of drug-likeness (QED) is 0.555. The highest BCUT2D eigenvalue weighted by atomic mass is 16.4. The van der Waals surface area contributed by atoms with Crippen molar-refractivity contribution < 1.29 is 14.3 Å². The molecule has 0 aliphatic carbocycles. The summed E-state index contributed by atoms with van der Waals surface area (Å²) in [6.45, 7) is 0. The number of aromatic carboxylic acids is 1. The van der Waals surface area contributed by atoms with Crippen LogP contribution in [0, 0.1) is 0 Å². The van der Waals surface area contributed by atoms with Gasteiger partial charge in [0.2, 0.25) is 0 Å². The second-order valence-electron chi connectivity index (χ2n) is 5.11. The van der Waals surface area contributed by atoms with Crippen LogP contribution in [0.2, 0.25) is 0 Å². The van der Waals surface area contributed by atoms with Crippen LogP contribution in [0.3, 0.4) is 0 Å². The van der Waals surface area contributed by atoms with Crippen LogP contribution in [0.1, 0.15) is 10.4 Å². The van der Waals surface area contributed by atoms with E-state index in [9.17, 15) is 9.59 Å². The largest absolute Gasteiger partial charge is 0.478 e. The van der Waals surface area contributed by atoms with E-state index >= 15 is 0 Å². The van der Waals surface area contributed by atoms with Gasteiger partial charge in [0.05, 0.1) is 16.6 Å². The van der Waals surface area contributed by atoms with Gasteiger partial charge < -0.3 is 14.5 Å². The van der Waals surface area contributed by atoms with Gasteiger partial charge in [-0.3, -0.25) is 0 Å². The lowest BCUT2D eigenvalue weighted by atomic mass is 10.2. The Morgan fingerprint density at radius 1 is 1.13 bits per heavy atom. The number of benzene rings is 2. The van der Waals surface area contributed by atoms with Crippen LogP contribution in [0.15, 0.2) is 57.7 Å². The summed E-state index contributed by atoms with van der Waals surface area (Å²) >= 11 is 0. The van der Waals surface area contributed by atoms with Gasteiger partial charge in [-0.25, -0.2) is 14.6 Å². The molecule has 0 aliphatic rings. The zero-order valence-electron chi connectivity index (χ0n) is 11.7. The smallest absolute Gasteiger partial charge is 0.347 e. The first-order chi connectivity index (χ1) is 11.1. The summed E-state index contributed by atoms with van der Waals surface area (Å²) in [7, 11) is 0. The van der Waals surface area contributed by atoms with Crippen LogP contribution in [0.5, 0.6) is 0 Å². The van der Waals surface area contributed by atoms with Gasteiger partial charge in [-0.05, 0) is 30.3 Å². The summed E-state index contributed by atoms with van der Waals surface area (Å²) in [5, 5.41) is 9.82. The number of rotatable bonds is 2. The first-order valence-electron chi connectivity index (χ1n) is 6.88. The van der Waals surface area contributed by atoms with Crippen molar-refractivity contribution in [2.75, 3.05) is 0 Å². The summed E-state index contributed by atoms with van der Waals surface area (Å²) in [4.78, 5) is 30.5. The van der Waals surface area contributed by atoms with Crippen molar-refractivity contribution in [2.45, 2.75) is 0 Å². The molecule has 4 rings (SSSR count). The van der Waals surface area contributed by atoms with Gasteiger partial charge in [0.1, 0.15) is 17.0 Å². The second-order valence-corrected chi connectivity index (χ2v) is 5.11. The summed E-state index contributed by atoms with van der Waals surface area (Å²) in [5.74, 6) is -0.671. The molecule has 0 spiro atoms. The molecule has 0 saturated heterocycles. The molecule has 0 unspecified atom stereocenters. The molecule has 0 bridgehead atoms. The van der Waals surface area contributed by atoms with Gasteiger partial charge in [-0.1, -0.05) is 18.2 Å². The maximum absolute atomic E-state index is 12.2. The number of nitrogens with zero attached hydrogens (tertiary/aromatic N) is 1. The van der Waals surface area contributed by atoms with Crippen LogP contribution in [-0.4, -0.2) is 21.0 Å². The van der Waals surface area contributed by atoms with Gasteiger partial charge in [-0.15, -0.1) is 0 Å². The van der Waals surface area contributed by atoms with Crippen LogP contribution >= 0.6 is 0 Å². The van der Waals surface area contributed by atoms with Gasteiger partial charge in [0.25, 0.3) is 0 Å². The van der Waals surface area contributed by atoms with E-state index in [1.807, 2.05) is 12.1 Å². The Morgan fingerprint density at radius 3 is 2.78 bits per heavy atom. The first kappa shape index (κ1) is 13.3. The molecule has 0 radical (unpaired) electrons. The Morgan fingerprint density at radius 2 is 1.96 bits per heavy atom. The third-order valence-electron chi connectivity index (χ3n) is 3.63. The minimum absolute atomic E-state index is 0.151. The molecular weight excluding hydrogens is 296 g/mol. The standard InChI is InChI=1S/C17H10N2O4/c20-16(21)10-5-6-12-13(8-10)19-15(18-12)11-7-9-3-1-2-4-14(9)23-17(11)22/h1-8H,(H,18,19)(H,20,21). The molecule has 0 fully saturated rings. The van der Waals surface area contributed by atoms with E-state index in [1.165, 1.54) is 12.1 Å². The zero-order chi connectivity index (χ0) is 16.0. The summed E-state index contributed by atoms with van der Waals surface area (Å²) in [6, 6.07) is 13.5. The SMILES string of the molecule is O=C(O)c1ccc2nc(-c3cc4ccccc4oc3=O)[nH]c2c1. The third-order valence-corrected chi connectivity index (χ3v) is 3.63. The number of fused-ring (bicyclic) bond motifs is 2. The number of hydrogen-bond acceptors (Lipinski definition) is 4. The minimum Gasteiger partial charge on any atom is -0.478 e. The fourth-order valence-corrected chi connectivity index (χ4v) is 2.50. The maximum atomic E-state index is 12.2.